The lowest BCUT2D eigenvalue weighted by atomic mass is 9.95. The van der Waals surface area contributed by atoms with Gasteiger partial charge < -0.3 is 4.90 Å². The van der Waals surface area contributed by atoms with Crippen molar-refractivity contribution in [3.05, 3.63) is 77.4 Å². The van der Waals surface area contributed by atoms with Gasteiger partial charge >= 0.3 is 0 Å². The van der Waals surface area contributed by atoms with Gasteiger partial charge in [0.25, 0.3) is 11.8 Å². The van der Waals surface area contributed by atoms with Crippen molar-refractivity contribution in [1.29, 1.82) is 0 Å². The zero-order chi connectivity index (χ0) is 19.7. The van der Waals surface area contributed by atoms with E-state index in [1.54, 1.807) is 18.3 Å². The molecule has 3 aromatic rings. The molecular weight excluding hydrogens is 350 g/mol. The first-order chi connectivity index (χ1) is 13.6. The van der Waals surface area contributed by atoms with Crippen molar-refractivity contribution in [3.8, 4) is 0 Å². The minimum atomic E-state index is -0.398. The summed E-state index contributed by atoms with van der Waals surface area (Å²) in [6.45, 7) is 6.10. The van der Waals surface area contributed by atoms with Gasteiger partial charge in [-0.05, 0) is 49.1 Å². The molecule has 0 spiro atoms. The van der Waals surface area contributed by atoms with Gasteiger partial charge in [-0.2, -0.15) is 10.1 Å². The second-order valence-corrected chi connectivity index (χ2v) is 6.64. The average molecular weight is 371 g/mol. The van der Waals surface area contributed by atoms with Crippen molar-refractivity contribution in [2.75, 3.05) is 18.0 Å². The summed E-state index contributed by atoms with van der Waals surface area (Å²) < 4.78 is 0. The summed E-state index contributed by atoms with van der Waals surface area (Å²) in [5, 5.41) is 6.75. The maximum atomic E-state index is 12.8. The van der Waals surface area contributed by atoms with Crippen molar-refractivity contribution in [2.45, 2.75) is 13.8 Å². The van der Waals surface area contributed by atoms with Crippen LogP contribution in [0.3, 0.4) is 0 Å². The van der Waals surface area contributed by atoms with E-state index in [0.29, 0.717) is 16.5 Å². The molecule has 0 fully saturated rings. The molecule has 4 rings (SSSR count). The number of carbonyl (C=O) groups is 2. The van der Waals surface area contributed by atoms with Crippen LogP contribution >= 0.6 is 0 Å². The Morgan fingerprint density at radius 2 is 1.43 bits per heavy atom. The third kappa shape index (κ3) is 2.95. The van der Waals surface area contributed by atoms with Crippen LogP contribution in [0.25, 0.3) is 10.8 Å². The number of benzene rings is 3. The maximum Gasteiger partial charge on any atom is 0.282 e. The summed E-state index contributed by atoms with van der Waals surface area (Å²) in [6, 6.07) is 18.8. The quantitative estimate of drug-likeness (QED) is 0.496. The third-order valence-electron chi connectivity index (χ3n) is 5.09. The fourth-order valence-electron chi connectivity index (χ4n) is 3.61. The lowest BCUT2D eigenvalue weighted by molar-refractivity contribution is 0.0616. The Balaban J connectivity index is 1.64. The van der Waals surface area contributed by atoms with E-state index < -0.39 is 11.8 Å². The molecule has 2 amide bonds. The largest absolute Gasteiger partial charge is 0.372 e. The van der Waals surface area contributed by atoms with Crippen LogP contribution in [-0.2, 0) is 0 Å². The molecule has 5 nitrogen and oxygen atoms in total. The van der Waals surface area contributed by atoms with Gasteiger partial charge in [0.05, 0.1) is 17.3 Å². The Labute approximate surface area is 163 Å². The third-order valence-corrected chi connectivity index (χ3v) is 5.09. The molecule has 0 radical (unpaired) electrons. The number of anilines is 1. The molecule has 0 bridgehead atoms. The molecule has 0 saturated heterocycles. The molecule has 28 heavy (non-hydrogen) atoms. The normalized spacial score (nSPS) is 13.6. The van der Waals surface area contributed by atoms with Gasteiger partial charge in [-0.1, -0.05) is 36.4 Å². The van der Waals surface area contributed by atoms with Gasteiger partial charge in [0, 0.05) is 24.2 Å². The number of hydrogen-bond donors (Lipinski definition) is 0. The van der Waals surface area contributed by atoms with E-state index in [1.807, 2.05) is 48.5 Å². The second-order valence-electron chi connectivity index (χ2n) is 6.64. The van der Waals surface area contributed by atoms with E-state index in [1.165, 1.54) is 0 Å². The monoisotopic (exact) mass is 371 g/mol. The van der Waals surface area contributed by atoms with Gasteiger partial charge in [-0.25, -0.2) is 0 Å². The van der Waals surface area contributed by atoms with E-state index in [2.05, 4.69) is 23.8 Å². The minimum absolute atomic E-state index is 0.398. The van der Waals surface area contributed by atoms with E-state index in [4.69, 9.17) is 0 Å². The number of nitrogens with zero attached hydrogens (tertiary/aromatic N) is 3. The van der Waals surface area contributed by atoms with Crippen LogP contribution in [0.2, 0.25) is 0 Å². The molecule has 5 heteroatoms. The number of hydrogen-bond acceptors (Lipinski definition) is 4. The predicted octanol–water partition coefficient (Wildman–Crippen LogP) is 4.32. The van der Waals surface area contributed by atoms with Gasteiger partial charge in [0.2, 0.25) is 0 Å². The molecular formula is C23H21N3O2. The number of rotatable bonds is 5. The van der Waals surface area contributed by atoms with Crippen molar-refractivity contribution < 1.29 is 9.59 Å². The summed E-state index contributed by atoms with van der Waals surface area (Å²) in [5.74, 6) is -0.796. The van der Waals surface area contributed by atoms with Crippen LogP contribution in [0.1, 0.15) is 40.1 Å². The predicted molar refractivity (Wildman–Crippen MR) is 112 cm³/mol. The van der Waals surface area contributed by atoms with Gasteiger partial charge in [-0.3, -0.25) is 9.59 Å². The Hall–Kier alpha value is -3.47. The van der Waals surface area contributed by atoms with Gasteiger partial charge in [0.1, 0.15) is 0 Å². The standard InChI is InChI=1S/C23H21N3O2/c1-3-25(4-2)18-13-11-16(12-14-18)15-24-26-22(27)19-9-5-7-17-8-6-10-20(21(17)19)23(26)28/h5-15H,3-4H2,1-2H3/b24-15-. The van der Waals surface area contributed by atoms with Crippen LogP contribution in [0.15, 0.2) is 65.8 Å². The first-order valence-corrected chi connectivity index (χ1v) is 9.43. The molecule has 3 aromatic carbocycles. The lowest BCUT2D eigenvalue weighted by Gasteiger charge is -2.23. The van der Waals surface area contributed by atoms with E-state index in [9.17, 15) is 9.59 Å². The van der Waals surface area contributed by atoms with Crippen LogP contribution in [0.5, 0.6) is 0 Å². The Morgan fingerprint density at radius 3 is 1.96 bits per heavy atom. The van der Waals surface area contributed by atoms with Crippen LogP contribution in [-0.4, -0.2) is 36.1 Å². The molecule has 1 aliphatic rings. The van der Waals surface area contributed by atoms with Crippen LogP contribution < -0.4 is 4.90 Å². The molecule has 0 unspecified atom stereocenters. The van der Waals surface area contributed by atoms with E-state index >= 15 is 0 Å². The number of carbonyl (C=O) groups excluding carboxylic acids is 2. The smallest absolute Gasteiger partial charge is 0.282 e. The highest BCUT2D eigenvalue weighted by molar-refractivity contribution is 6.25. The highest BCUT2D eigenvalue weighted by Crippen LogP contribution is 2.30. The molecule has 1 heterocycles. The summed E-state index contributed by atoms with van der Waals surface area (Å²) >= 11 is 0. The highest BCUT2D eigenvalue weighted by Gasteiger charge is 2.32. The first kappa shape index (κ1) is 17.9. The lowest BCUT2D eigenvalue weighted by Crippen LogP contribution is -2.36. The highest BCUT2D eigenvalue weighted by atomic mass is 16.2. The van der Waals surface area contributed by atoms with Gasteiger partial charge in [-0.15, -0.1) is 0 Å². The molecule has 0 aromatic heterocycles. The van der Waals surface area contributed by atoms with Crippen molar-refractivity contribution >= 4 is 34.5 Å². The molecule has 0 saturated carbocycles. The number of amides is 2. The molecule has 1 aliphatic heterocycles. The SMILES string of the molecule is CCN(CC)c1ccc(/C=N\N2C(=O)c3cccc4cccc(c34)C2=O)cc1. The average Bonchev–Trinajstić information content (AvgIpc) is 2.73. The number of imide groups is 1. The second kappa shape index (κ2) is 7.27. The van der Waals surface area contributed by atoms with Gasteiger partial charge in [0.15, 0.2) is 0 Å². The first-order valence-electron chi connectivity index (χ1n) is 9.43. The van der Waals surface area contributed by atoms with Crippen LogP contribution in [0, 0.1) is 0 Å². The Morgan fingerprint density at radius 1 is 0.857 bits per heavy atom. The van der Waals surface area contributed by atoms with Crippen molar-refractivity contribution in [3.63, 3.8) is 0 Å². The Kier molecular flexibility index (Phi) is 4.65. The summed E-state index contributed by atoms with van der Waals surface area (Å²) in [7, 11) is 0. The number of hydrazone groups is 1. The summed E-state index contributed by atoms with van der Waals surface area (Å²) in [5.41, 5.74) is 2.96. The van der Waals surface area contributed by atoms with Crippen molar-refractivity contribution in [1.82, 2.24) is 5.01 Å². The van der Waals surface area contributed by atoms with Crippen LogP contribution in [0.4, 0.5) is 5.69 Å². The zero-order valence-electron chi connectivity index (χ0n) is 15.9. The summed E-state index contributed by atoms with van der Waals surface area (Å²) in [4.78, 5) is 27.9. The minimum Gasteiger partial charge on any atom is -0.372 e. The molecule has 0 atom stereocenters. The Bertz CT molecular complexity index is 1030. The van der Waals surface area contributed by atoms with E-state index in [-0.39, 0.29) is 0 Å². The van der Waals surface area contributed by atoms with Crippen molar-refractivity contribution in [2.24, 2.45) is 5.10 Å². The summed E-state index contributed by atoms with van der Waals surface area (Å²) in [6.07, 6.45) is 1.55. The zero-order valence-corrected chi connectivity index (χ0v) is 15.9. The molecule has 0 N–H and O–H groups in total. The molecule has 0 aliphatic carbocycles. The fourth-order valence-corrected chi connectivity index (χ4v) is 3.61. The molecule has 140 valence electrons. The fraction of sp³-hybridized carbons (Fsp3) is 0.174. The van der Waals surface area contributed by atoms with E-state index in [0.717, 1.165) is 34.7 Å². The maximum absolute atomic E-state index is 12.8. The topological polar surface area (TPSA) is 53.0 Å².